The zero-order valence-electron chi connectivity index (χ0n) is 10.8. The molecule has 1 aromatic heterocycles. The first-order valence-corrected chi connectivity index (χ1v) is 6.79. The Morgan fingerprint density at radius 2 is 2.21 bits per heavy atom. The van der Waals surface area contributed by atoms with Crippen LogP contribution in [0.15, 0.2) is 34.9 Å². The Kier molecular flexibility index (Phi) is 3.49. The molecule has 4 heteroatoms. The maximum absolute atomic E-state index is 6.05. The molecule has 0 radical (unpaired) electrons. The third-order valence-corrected chi connectivity index (χ3v) is 3.65. The van der Waals surface area contributed by atoms with E-state index in [0.29, 0.717) is 16.8 Å². The molecule has 2 aromatic rings. The van der Waals surface area contributed by atoms with Gasteiger partial charge in [-0.25, -0.2) is 0 Å². The minimum Gasteiger partial charge on any atom is -0.495 e. The number of hydrogen-bond donors (Lipinski definition) is 1. The lowest BCUT2D eigenvalue weighted by Crippen LogP contribution is -2.15. The maximum atomic E-state index is 6.05. The van der Waals surface area contributed by atoms with Crippen molar-refractivity contribution in [2.45, 2.75) is 25.4 Å². The summed E-state index contributed by atoms with van der Waals surface area (Å²) >= 11 is 6.05. The van der Waals surface area contributed by atoms with E-state index in [0.717, 1.165) is 23.4 Å². The molecule has 0 aliphatic heterocycles. The van der Waals surface area contributed by atoms with Gasteiger partial charge in [0.1, 0.15) is 11.5 Å². The van der Waals surface area contributed by atoms with Crippen LogP contribution in [-0.2, 0) is 6.54 Å². The van der Waals surface area contributed by atoms with Gasteiger partial charge in [-0.15, -0.1) is 0 Å². The van der Waals surface area contributed by atoms with Gasteiger partial charge in [0.15, 0.2) is 0 Å². The van der Waals surface area contributed by atoms with Crippen LogP contribution in [0, 0.1) is 0 Å². The Hall–Kier alpha value is -1.45. The van der Waals surface area contributed by atoms with E-state index in [1.165, 1.54) is 12.8 Å². The smallest absolute Gasteiger partial charge is 0.138 e. The van der Waals surface area contributed by atoms with Gasteiger partial charge in [-0.05, 0) is 36.6 Å². The van der Waals surface area contributed by atoms with Crippen molar-refractivity contribution in [3.63, 3.8) is 0 Å². The second-order valence-electron chi connectivity index (χ2n) is 4.76. The molecule has 1 aliphatic carbocycles. The molecule has 3 rings (SSSR count). The molecule has 0 amide bonds. The molecular formula is C15H16ClNO2. The number of benzene rings is 1. The van der Waals surface area contributed by atoms with E-state index >= 15 is 0 Å². The fourth-order valence-corrected chi connectivity index (χ4v) is 2.28. The van der Waals surface area contributed by atoms with E-state index in [-0.39, 0.29) is 0 Å². The van der Waals surface area contributed by atoms with E-state index in [1.807, 2.05) is 24.3 Å². The second kappa shape index (κ2) is 5.27. The van der Waals surface area contributed by atoms with Gasteiger partial charge in [0, 0.05) is 11.6 Å². The summed E-state index contributed by atoms with van der Waals surface area (Å²) in [6, 6.07) is 8.41. The van der Waals surface area contributed by atoms with Crippen molar-refractivity contribution >= 4 is 11.6 Å². The minimum absolute atomic E-state index is 0.618. The van der Waals surface area contributed by atoms with E-state index in [1.54, 1.807) is 13.4 Å². The summed E-state index contributed by atoms with van der Waals surface area (Å²) in [5, 5.41) is 4.08. The zero-order chi connectivity index (χ0) is 13.2. The molecule has 0 spiro atoms. The van der Waals surface area contributed by atoms with Crippen molar-refractivity contribution < 1.29 is 9.15 Å². The number of halogens is 1. The average Bonchev–Trinajstić information content (AvgIpc) is 3.14. The molecule has 0 atom stereocenters. The normalized spacial score (nSPS) is 14.6. The molecule has 0 bridgehead atoms. The van der Waals surface area contributed by atoms with Crippen LogP contribution in [0.5, 0.6) is 5.75 Å². The predicted molar refractivity (Wildman–Crippen MR) is 75.6 cm³/mol. The highest BCUT2D eigenvalue weighted by Crippen LogP contribution is 2.32. The van der Waals surface area contributed by atoms with E-state index < -0.39 is 0 Å². The van der Waals surface area contributed by atoms with Gasteiger partial charge in [-0.1, -0.05) is 17.7 Å². The first-order chi connectivity index (χ1) is 9.28. The molecule has 0 unspecified atom stereocenters. The van der Waals surface area contributed by atoms with Crippen molar-refractivity contribution in [3.05, 3.63) is 41.3 Å². The lowest BCUT2D eigenvalue weighted by Gasteiger charge is -2.07. The SMILES string of the molecule is COc1cc(-c2ccoc2CNC2CC2)ccc1Cl. The number of furan rings is 1. The largest absolute Gasteiger partial charge is 0.495 e. The maximum Gasteiger partial charge on any atom is 0.138 e. The summed E-state index contributed by atoms with van der Waals surface area (Å²) in [7, 11) is 1.62. The van der Waals surface area contributed by atoms with Crippen molar-refractivity contribution in [1.29, 1.82) is 0 Å². The number of ether oxygens (including phenoxy) is 1. The van der Waals surface area contributed by atoms with E-state index in [4.69, 9.17) is 20.8 Å². The number of nitrogens with one attached hydrogen (secondary N) is 1. The minimum atomic E-state index is 0.618. The summed E-state index contributed by atoms with van der Waals surface area (Å²) in [5.74, 6) is 1.64. The Morgan fingerprint density at radius 3 is 2.95 bits per heavy atom. The molecule has 1 aromatic carbocycles. The quantitative estimate of drug-likeness (QED) is 0.901. The Morgan fingerprint density at radius 1 is 1.37 bits per heavy atom. The van der Waals surface area contributed by atoms with Gasteiger partial charge in [-0.2, -0.15) is 0 Å². The van der Waals surface area contributed by atoms with Gasteiger partial charge < -0.3 is 14.5 Å². The lowest BCUT2D eigenvalue weighted by atomic mass is 10.1. The third kappa shape index (κ3) is 2.77. The highest BCUT2D eigenvalue weighted by atomic mass is 35.5. The summed E-state index contributed by atoms with van der Waals surface area (Å²) in [6.45, 7) is 0.762. The van der Waals surface area contributed by atoms with Crippen LogP contribution in [0.1, 0.15) is 18.6 Å². The molecular weight excluding hydrogens is 262 g/mol. The summed E-state index contributed by atoms with van der Waals surface area (Å²) < 4.78 is 10.8. The fraction of sp³-hybridized carbons (Fsp3) is 0.333. The van der Waals surface area contributed by atoms with Crippen LogP contribution >= 0.6 is 11.6 Å². The van der Waals surface area contributed by atoms with Gasteiger partial charge in [0.05, 0.1) is 24.9 Å². The summed E-state index contributed by atoms with van der Waals surface area (Å²) in [5.41, 5.74) is 2.14. The summed E-state index contributed by atoms with van der Waals surface area (Å²) in [6.07, 6.45) is 4.26. The molecule has 1 N–H and O–H groups in total. The number of hydrogen-bond acceptors (Lipinski definition) is 3. The summed E-state index contributed by atoms with van der Waals surface area (Å²) in [4.78, 5) is 0. The molecule has 1 aliphatic rings. The van der Waals surface area contributed by atoms with Crippen molar-refractivity contribution in [2.75, 3.05) is 7.11 Å². The first-order valence-electron chi connectivity index (χ1n) is 6.41. The number of rotatable bonds is 5. The van der Waals surface area contributed by atoms with Crippen LogP contribution in [0.2, 0.25) is 5.02 Å². The van der Waals surface area contributed by atoms with E-state index in [9.17, 15) is 0 Å². The highest BCUT2D eigenvalue weighted by Gasteiger charge is 2.21. The predicted octanol–water partition coefficient (Wildman–Crippen LogP) is 3.86. The Labute approximate surface area is 117 Å². The Balaban J connectivity index is 1.86. The Bertz CT molecular complexity index is 575. The van der Waals surface area contributed by atoms with Crippen LogP contribution < -0.4 is 10.1 Å². The fourth-order valence-electron chi connectivity index (χ4n) is 2.09. The lowest BCUT2D eigenvalue weighted by molar-refractivity contribution is 0.415. The zero-order valence-corrected chi connectivity index (χ0v) is 11.5. The van der Waals surface area contributed by atoms with Gasteiger partial charge >= 0.3 is 0 Å². The topological polar surface area (TPSA) is 34.4 Å². The molecule has 3 nitrogen and oxygen atoms in total. The van der Waals surface area contributed by atoms with Crippen molar-refractivity contribution in [3.8, 4) is 16.9 Å². The molecule has 0 saturated heterocycles. The average molecular weight is 278 g/mol. The van der Waals surface area contributed by atoms with Gasteiger partial charge in [0.2, 0.25) is 0 Å². The standard InChI is InChI=1S/C15H16ClNO2/c1-18-14-8-10(2-5-13(14)16)12-6-7-19-15(12)9-17-11-3-4-11/h2,5-8,11,17H,3-4,9H2,1H3. The van der Waals surface area contributed by atoms with E-state index in [2.05, 4.69) is 5.32 Å². The monoisotopic (exact) mass is 277 g/mol. The molecule has 1 heterocycles. The molecule has 19 heavy (non-hydrogen) atoms. The van der Waals surface area contributed by atoms with Crippen LogP contribution in [0.3, 0.4) is 0 Å². The number of methoxy groups -OCH3 is 1. The first kappa shape index (κ1) is 12.6. The molecule has 1 saturated carbocycles. The van der Waals surface area contributed by atoms with Gasteiger partial charge in [0.25, 0.3) is 0 Å². The third-order valence-electron chi connectivity index (χ3n) is 3.34. The second-order valence-corrected chi connectivity index (χ2v) is 5.17. The van der Waals surface area contributed by atoms with Crippen LogP contribution in [-0.4, -0.2) is 13.2 Å². The molecule has 1 fully saturated rings. The van der Waals surface area contributed by atoms with Crippen LogP contribution in [0.4, 0.5) is 0 Å². The highest BCUT2D eigenvalue weighted by molar-refractivity contribution is 6.32. The van der Waals surface area contributed by atoms with Gasteiger partial charge in [-0.3, -0.25) is 0 Å². The molecule has 100 valence electrons. The van der Waals surface area contributed by atoms with Crippen LogP contribution in [0.25, 0.3) is 11.1 Å². The van der Waals surface area contributed by atoms with Crippen molar-refractivity contribution in [1.82, 2.24) is 5.32 Å². The van der Waals surface area contributed by atoms with Crippen molar-refractivity contribution in [2.24, 2.45) is 0 Å².